The normalized spacial score (nSPS) is 16.3. The second-order valence-electron chi connectivity index (χ2n) is 11.2. The van der Waals surface area contributed by atoms with Gasteiger partial charge in [0.05, 0.1) is 17.3 Å². The molecule has 1 saturated heterocycles. The smallest absolute Gasteiger partial charge is 0.263 e. The number of aromatic nitrogens is 1. The summed E-state index contributed by atoms with van der Waals surface area (Å²) in [7, 11) is 0. The molecule has 0 saturated carbocycles. The molecule has 1 aliphatic rings. The lowest BCUT2D eigenvalue weighted by molar-refractivity contribution is 0.0933. The van der Waals surface area contributed by atoms with E-state index < -0.39 is 0 Å². The van der Waals surface area contributed by atoms with Crippen molar-refractivity contribution in [3.05, 3.63) is 148 Å². The van der Waals surface area contributed by atoms with Crippen LogP contribution in [0.3, 0.4) is 0 Å². The van der Waals surface area contributed by atoms with Gasteiger partial charge in [0.1, 0.15) is 0 Å². The van der Waals surface area contributed by atoms with Crippen molar-refractivity contribution in [2.75, 3.05) is 13.1 Å². The molecule has 0 bridgehead atoms. The number of hydrogen-bond donors (Lipinski definition) is 1. The highest BCUT2D eigenvalue weighted by atomic mass is 16.2. The van der Waals surface area contributed by atoms with Crippen LogP contribution in [0.4, 0.5) is 0 Å². The van der Waals surface area contributed by atoms with Crippen molar-refractivity contribution in [3.63, 3.8) is 0 Å². The summed E-state index contributed by atoms with van der Waals surface area (Å²) in [5.41, 5.74) is 4.38. The van der Waals surface area contributed by atoms with Crippen molar-refractivity contribution in [1.82, 2.24) is 14.8 Å². The summed E-state index contributed by atoms with van der Waals surface area (Å²) in [6, 6.07) is 37.9. The first kappa shape index (κ1) is 27.7. The summed E-state index contributed by atoms with van der Waals surface area (Å²) in [6.07, 6.45) is 2.95. The van der Waals surface area contributed by atoms with Crippen LogP contribution < -0.4 is 10.9 Å². The number of pyridine rings is 1. The first-order valence-electron chi connectivity index (χ1n) is 15.0. The number of carbonyl (C=O) groups excluding carboxylic acids is 1. The van der Waals surface area contributed by atoms with Gasteiger partial charge < -0.3 is 5.32 Å². The topological polar surface area (TPSA) is 54.3 Å². The summed E-state index contributed by atoms with van der Waals surface area (Å²) < 4.78 is 1.77. The number of fused-ring (bicyclic) bond motifs is 1. The summed E-state index contributed by atoms with van der Waals surface area (Å²) in [5, 5.41) is 4.57. The fourth-order valence-corrected chi connectivity index (χ4v) is 6.40. The van der Waals surface area contributed by atoms with Crippen molar-refractivity contribution in [3.8, 4) is 5.69 Å². The maximum Gasteiger partial charge on any atom is 0.263 e. The minimum absolute atomic E-state index is 0.102. The summed E-state index contributed by atoms with van der Waals surface area (Å²) >= 11 is 0. The molecule has 2 heterocycles. The molecule has 1 fully saturated rings. The van der Waals surface area contributed by atoms with E-state index in [1.165, 1.54) is 5.56 Å². The molecule has 1 aliphatic heterocycles. The average molecular weight is 556 g/mol. The molecule has 5 aromatic rings. The highest BCUT2D eigenvalue weighted by Crippen LogP contribution is 2.30. The van der Waals surface area contributed by atoms with Gasteiger partial charge >= 0.3 is 0 Å². The largest absolute Gasteiger partial charge is 0.345 e. The first-order chi connectivity index (χ1) is 20.6. The van der Waals surface area contributed by atoms with E-state index >= 15 is 0 Å². The lowest BCUT2D eigenvalue weighted by Gasteiger charge is -2.34. The standard InChI is InChI=1S/C37H37N3O2/c1-2-33(28-17-8-4-9-18-28)38-36(41)35-31-22-12-13-23-32(31)37(42)40(30-20-10-5-11-21-30)34(35)26-39-24-14-19-29(25-39)27-15-6-3-7-16-27/h3-13,15-18,20-23,29,33H,2,14,19,24-26H2,1H3,(H,38,41)/t29-,33+/m1/s1. The van der Waals surface area contributed by atoms with Gasteiger partial charge in [0.25, 0.3) is 11.5 Å². The van der Waals surface area contributed by atoms with E-state index in [2.05, 4.69) is 59.6 Å². The third kappa shape index (κ3) is 5.65. The van der Waals surface area contributed by atoms with Gasteiger partial charge in [0, 0.05) is 29.5 Å². The van der Waals surface area contributed by atoms with Crippen molar-refractivity contribution in [2.24, 2.45) is 0 Å². The van der Waals surface area contributed by atoms with Crippen LogP contribution in [0.15, 0.2) is 120 Å². The predicted molar refractivity (Wildman–Crippen MR) is 170 cm³/mol. The molecule has 1 amide bonds. The van der Waals surface area contributed by atoms with Crippen LogP contribution >= 0.6 is 0 Å². The van der Waals surface area contributed by atoms with E-state index in [0.29, 0.717) is 28.8 Å². The van der Waals surface area contributed by atoms with E-state index in [1.807, 2.05) is 72.8 Å². The predicted octanol–water partition coefficient (Wildman–Crippen LogP) is 7.25. The quantitative estimate of drug-likeness (QED) is 0.219. The Balaban J connectivity index is 1.48. The van der Waals surface area contributed by atoms with E-state index in [0.717, 1.165) is 49.3 Å². The Morgan fingerprint density at radius 1 is 0.833 bits per heavy atom. The monoisotopic (exact) mass is 555 g/mol. The zero-order chi connectivity index (χ0) is 28.9. The molecule has 2 atom stereocenters. The van der Waals surface area contributed by atoms with Gasteiger partial charge in [-0.1, -0.05) is 104 Å². The van der Waals surface area contributed by atoms with Crippen molar-refractivity contribution in [2.45, 2.75) is 44.7 Å². The molecule has 6 rings (SSSR count). The summed E-state index contributed by atoms with van der Waals surface area (Å²) in [6.45, 7) is 4.38. The van der Waals surface area contributed by atoms with Gasteiger partial charge in [-0.25, -0.2) is 0 Å². The van der Waals surface area contributed by atoms with Crippen LogP contribution in [-0.4, -0.2) is 28.5 Å². The van der Waals surface area contributed by atoms with E-state index in [4.69, 9.17) is 0 Å². The average Bonchev–Trinajstić information content (AvgIpc) is 3.05. The minimum atomic E-state index is -0.154. The molecule has 0 radical (unpaired) electrons. The van der Waals surface area contributed by atoms with E-state index in [-0.39, 0.29) is 17.5 Å². The number of hydrogen-bond acceptors (Lipinski definition) is 3. The van der Waals surface area contributed by atoms with Crippen LogP contribution in [0.2, 0.25) is 0 Å². The van der Waals surface area contributed by atoms with E-state index in [1.54, 1.807) is 4.57 Å². The van der Waals surface area contributed by atoms with Crippen LogP contribution in [0.25, 0.3) is 16.5 Å². The molecule has 0 unspecified atom stereocenters. The van der Waals surface area contributed by atoms with E-state index in [9.17, 15) is 9.59 Å². The van der Waals surface area contributed by atoms with Crippen LogP contribution in [0.1, 0.15) is 65.3 Å². The molecule has 0 spiro atoms. The number of nitrogens with zero attached hydrogens (tertiary/aromatic N) is 2. The first-order valence-corrected chi connectivity index (χ1v) is 15.0. The van der Waals surface area contributed by atoms with Crippen molar-refractivity contribution in [1.29, 1.82) is 0 Å². The third-order valence-corrected chi connectivity index (χ3v) is 8.50. The molecule has 212 valence electrons. The van der Waals surface area contributed by atoms with Crippen LogP contribution in [0.5, 0.6) is 0 Å². The van der Waals surface area contributed by atoms with Gasteiger partial charge in [-0.2, -0.15) is 0 Å². The molecule has 1 aromatic heterocycles. The lowest BCUT2D eigenvalue weighted by Crippen LogP contribution is -2.38. The van der Waals surface area contributed by atoms with Crippen molar-refractivity contribution < 1.29 is 4.79 Å². The summed E-state index contributed by atoms with van der Waals surface area (Å²) in [4.78, 5) is 31.0. The highest BCUT2D eigenvalue weighted by molar-refractivity contribution is 6.08. The third-order valence-electron chi connectivity index (χ3n) is 8.50. The van der Waals surface area contributed by atoms with Crippen LogP contribution in [-0.2, 0) is 6.54 Å². The number of rotatable bonds is 8. The number of para-hydroxylation sites is 1. The molecular formula is C37H37N3O2. The number of likely N-dealkylation sites (tertiary alicyclic amines) is 1. The zero-order valence-electron chi connectivity index (χ0n) is 24.1. The van der Waals surface area contributed by atoms with Gasteiger partial charge in [0.2, 0.25) is 0 Å². The fourth-order valence-electron chi connectivity index (χ4n) is 6.40. The SMILES string of the molecule is CC[C@H](NC(=O)c1c(CN2CCC[C@@H](c3ccccc3)C2)n(-c2ccccc2)c(=O)c2ccccc12)c1ccccc1. The zero-order valence-corrected chi connectivity index (χ0v) is 24.1. The van der Waals surface area contributed by atoms with Gasteiger partial charge in [-0.05, 0) is 61.1 Å². The maximum atomic E-state index is 14.4. The Kier molecular flexibility index (Phi) is 8.29. The number of carbonyl (C=O) groups is 1. The Morgan fingerprint density at radius 2 is 1.45 bits per heavy atom. The van der Waals surface area contributed by atoms with Crippen molar-refractivity contribution >= 4 is 16.7 Å². The molecular weight excluding hydrogens is 518 g/mol. The molecule has 1 N–H and O–H groups in total. The van der Waals surface area contributed by atoms with Gasteiger partial charge in [0.15, 0.2) is 0 Å². The molecule has 5 heteroatoms. The number of amides is 1. The Morgan fingerprint density at radius 3 is 2.14 bits per heavy atom. The Bertz CT molecular complexity index is 1720. The molecule has 42 heavy (non-hydrogen) atoms. The second kappa shape index (κ2) is 12.6. The second-order valence-corrected chi connectivity index (χ2v) is 11.2. The Hall–Kier alpha value is -4.48. The highest BCUT2D eigenvalue weighted by Gasteiger charge is 2.28. The maximum absolute atomic E-state index is 14.4. The molecule has 5 nitrogen and oxygen atoms in total. The van der Waals surface area contributed by atoms with Gasteiger partial charge in [-0.3, -0.25) is 19.1 Å². The number of benzene rings is 4. The fraction of sp³-hybridized carbons (Fsp3) is 0.243. The molecule has 4 aromatic carbocycles. The minimum Gasteiger partial charge on any atom is -0.345 e. The number of nitrogens with one attached hydrogen (secondary N) is 1. The van der Waals surface area contributed by atoms with Crippen LogP contribution in [0, 0.1) is 0 Å². The number of piperidine rings is 1. The molecule has 0 aliphatic carbocycles. The Labute approximate surface area is 247 Å². The lowest BCUT2D eigenvalue weighted by atomic mass is 9.90. The van der Waals surface area contributed by atoms with Gasteiger partial charge in [-0.15, -0.1) is 0 Å². The summed E-state index contributed by atoms with van der Waals surface area (Å²) in [5.74, 6) is 0.260.